The van der Waals surface area contributed by atoms with Gasteiger partial charge in [0.15, 0.2) is 5.96 Å². The highest BCUT2D eigenvalue weighted by Gasteiger charge is 2.16. The van der Waals surface area contributed by atoms with Gasteiger partial charge >= 0.3 is 0 Å². The Morgan fingerprint density at radius 2 is 2.38 bits per heavy atom. The summed E-state index contributed by atoms with van der Waals surface area (Å²) in [5.41, 5.74) is 6.70. The Balaban J connectivity index is 1.73. The zero-order valence-corrected chi connectivity index (χ0v) is 9.39. The molecule has 0 radical (unpaired) electrons. The lowest BCUT2D eigenvalue weighted by Crippen LogP contribution is -2.37. The summed E-state index contributed by atoms with van der Waals surface area (Å²) in [4.78, 5) is 8.43. The summed E-state index contributed by atoms with van der Waals surface area (Å²) in [6.45, 7) is 1.50. The maximum atomic E-state index is 5.76. The summed E-state index contributed by atoms with van der Waals surface area (Å²) in [6, 6.07) is 5.80. The lowest BCUT2D eigenvalue weighted by atomic mass is 9.85. The maximum Gasteiger partial charge on any atom is 0.188 e. The van der Waals surface area contributed by atoms with Gasteiger partial charge in [-0.2, -0.15) is 0 Å². The number of aromatic nitrogens is 1. The number of aliphatic imine (C=N–C) groups is 1. The van der Waals surface area contributed by atoms with E-state index in [4.69, 9.17) is 5.73 Å². The summed E-state index contributed by atoms with van der Waals surface area (Å²) in [7, 11) is 0. The van der Waals surface area contributed by atoms with Gasteiger partial charge in [-0.25, -0.2) is 4.99 Å². The van der Waals surface area contributed by atoms with Gasteiger partial charge in [0, 0.05) is 12.7 Å². The highest BCUT2D eigenvalue weighted by Crippen LogP contribution is 2.24. The molecule has 0 aliphatic heterocycles. The van der Waals surface area contributed by atoms with Crippen molar-refractivity contribution in [2.45, 2.75) is 25.8 Å². The SMILES string of the molecule is NC(=NCc1ccccn1)NCC1CCC1. The molecule has 86 valence electrons. The molecule has 0 bridgehead atoms. The van der Waals surface area contributed by atoms with E-state index in [1.807, 2.05) is 18.2 Å². The molecule has 2 rings (SSSR count). The second kappa shape index (κ2) is 5.49. The minimum absolute atomic E-state index is 0.526. The molecule has 0 aromatic carbocycles. The van der Waals surface area contributed by atoms with E-state index in [2.05, 4.69) is 15.3 Å². The van der Waals surface area contributed by atoms with Crippen LogP contribution in [-0.4, -0.2) is 17.5 Å². The highest BCUT2D eigenvalue weighted by atomic mass is 15.1. The molecule has 1 saturated carbocycles. The van der Waals surface area contributed by atoms with E-state index in [9.17, 15) is 0 Å². The zero-order valence-electron chi connectivity index (χ0n) is 9.39. The second-order valence-corrected chi connectivity index (χ2v) is 4.20. The van der Waals surface area contributed by atoms with E-state index in [1.54, 1.807) is 6.20 Å². The van der Waals surface area contributed by atoms with E-state index < -0.39 is 0 Å². The Bertz CT molecular complexity index is 343. The predicted octanol–water partition coefficient (Wildman–Crippen LogP) is 1.29. The van der Waals surface area contributed by atoms with E-state index in [-0.39, 0.29) is 0 Å². The number of guanidine groups is 1. The predicted molar refractivity (Wildman–Crippen MR) is 64.9 cm³/mol. The van der Waals surface area contributed by atoms with Crippen LogP contribution in [0.5, 0.6) is 0 Å². The van der Waals surface area contributed by atoms with Gasteiger partial charge in [0.05, 0.1) is 12.2 Å². The van der Waals surface area contributed by atoms with Crippen LogP contribution in [0.1, 0.15) is 25.0 Å². The van der Waals surface area contributed by atoms with Gasteiger partial charge < -0.3 is 11.1 Å². The van der Waals surface area contributed by atoms with Crippen LogP contribution in [0.25, 0.3) is 0 Å². The minimum Gasteiger partial charge on any atom is -0.370 e. The van der Waals surface area contributed by atoms with Crippen molar-refractivity contribution in [2.24, 2.45) is 16.6 Å². The summed E-state index contributed by atoms with van der Waals surface area (Å²) in [5.74, 6) is 1.32. The number of hydrogen-bond donors (Lipinski definition) is 2. The summed E-state index contributed by atoms with van der Waals surface area (Å²) in [5, 5.41) is 3.15. The molecule has 0 atom stereocenters. The number of nitrogens with zero attached hydrogens (tertiary/aromatic N) is 2. The minimum atomic E-state index is 0.526. The molecule has 16 heavy (non-hydrogen) atoms. The zero-order chi connectivity index (χ0) is 11.2. The third-order valence-electron chi connectivity index (χ3n) is 2.93. The number of hydrogen-bond acceptors (Lipinski definition) is 2. The van der Waals surface area contributed by atoms with Crippen LogP contribution < -0.4 is 11.1 Å². The lowest BCUT2D eigenvalue weighted by molar-refractivity contribution is 0.315. The molecule has 4 heteroatoms. The molecule has 1 aliphatic carbocycles. The lowest BCUT2D eigenvalue weighted by Gasteiger charge is -2.25. The second-order valence-electron chi connectivity index (χ2n) is 4.20. The van der Waals surface area contributed by atoms with E-state index in [0.29, 0.717) is 12.5 Å². The Kier molecular flexibility index (Phi) is 3.75. The first kappa shape index (κ1) is 10.9. The van der Waals surface area contributed by atoms with Crippen LogP contribution in [-0.2, 0) is 6.54 Å². The Labute approximate surface area is 96.0 Å². The fraction of sp³-hybridized carbons (Fsp3) is 0.500. The monoisotopic (exact) mass is 218 g/mol. The van der Waals surface area contributed by atoms with Crippen molar-refractivity contribution in [3.63, 3.8) is 0 Å². The van der Waals surface area contributed by atoms with Gasteiger partial charge in [-0.15, -0.1) is 0 Å². The molecule has 0 spiro atoms. The van der Waals surface area contributed by atoms with Crippen LogP contribution in [0.3, 0.4) is 0 Å². The van der Waals surface area contributed by atoms with Crippen molar-refractivity contribution in [1.29, 1.82) is 0 Å². The van der Waals surface area contributed by atoms with Crippen LogP contribution >= 0.6 is 0 Å². The summed E-state index contributed by atoms with van der Waals surface area (Å²) in [6.07, 6.45) is 5.77. The first-order chi connectivity index (χ1) is 7.84. The molecule has 1 aromatic heterocycles. The van der Waals surface area contributed by atoms with Gasteiger partial charge in [-0.05, 0) is 30.9 Å². The molecule has 1 aromatic rings. The fourth-order valence-electron chi connectivity index (χ4n) is 1.66. The van der Waals surface area contributed by atoms with Crippen molar-refractivity contribution in [2.75, 3.05) is 6.54 Å². The van der Waals surface area contributed by atoms with Crippen LogP contribution in [0.4, 0.5) is 0 Å². The standard InChI is InChI=1S/C12H18N4/c13-12(15-8-10-4-3-5-10)16-9-11-6-1-2-7-14-11/h1-2,6-7,10H,3-5,8-9H2,(H3,13,15,16). The summed E-state index contributed by atoms with van der Waals surface area (Å²) < 4.78 is 0. The van der Waals surface area contributed by atoms with Gasteiger partial charge in [-0.3, -0.25) is 4.98 Å². The largest absolute Gasteiger partial charge is 0.370 e. The fourth-order valence-corrected chi connectivity index (χ4v) is 1.66. The quantitative estimate of drug-likeness (QED) is 0.591. The molecule has 1 fully saturated rings. The third-order valence-corrected chi connectivity index (χ3v) is 2.93. The molecule has 0 saturated heterocycles. The molecular weight excluding hydrogens is 200 g/mol. The number of nitrogens with two attached hydrogens (primary N) is 1. The van der Waals surface area contributed by atoms with Gasteiger partial charge in [0.25, 0.3) is 0 Å². The molecule has 1 aliphatic rings. The van der Waals surface area contributed by atoms with E-state index >= 15 is 0 Å². The van der Waals surface area contributed by atoms with Crippen molar-refractivity contribution in [3.05, 3.63) is 30.1 Å². The van der Waals surface area contributed by atoms with E-state index in [1.165, 1.54) is 19.3 Å². The first-order valence-corrected chi connectivity index (χ1v) is 5.78. The van der Waals surface area contributed by atoms with Crippen LogP contribution in [0.15, 0.2) is 29.4 Å². The molecular formula is C12H18N4. The van der Waals surface area contributed by atoms with E-state index in [0.717, 1.165) is 18.2 Å². The van der Waals surface area contributed by atoms with Crippen molar-refractivity contribution in [3.8, 4) is 0 Å². The number of pyridine rings is 1. The Morgan fingerprint density at radius 1 is 1.50 bits per heavy atom. The molecule has 3 N–H and O–H groups in total. The van der Waals surface area contributed by atoms with Crippen molar-refractivity contribution >= 4 is 5.96 Å². The Morgan fingerprint density at radius 3 is 3.00 bits per heavy atom. The molecule has 0 amide bonds. The maximum absolute atomic E-state index is 5.76. The average molecular weight is 218 g/mol. The topological polar surface area (TPSA) is 63.3 Å². The van der Waals surface area contributed by atoms with Crippen molar-refractivity contribution in [1.82, 2.24) is 10.3 Å². The van der Waals surface area contributed by atoms with Gasteiger partial charge in [0.2, 0.25) is 0 Å². The van der Waals surface area contributed by atoms with Gasteiger partial charge in [-0.1, -0.05) is 12.5 Å². The molecule has 0 unspecified atom stereocenters. The number of rotatable bonds is 4. The third kappa shape index (κ3) is 3.22. The Hall–Kier alpha value is -1.58. The molecule has 1 heterocycles. The molecule has 4 nitrogen and oxygen atoms in total. The highest BCUT2D eigenvalue weighted by molar-refractivity contribution is 5.77. The average Bonchev–Trinajstić information content (AvgIpc) is 2.26. The summed E-state index contributed by atoms with van der Waals surface area (Å²) >= 11 is 0. The smallest absolute Gasteiger partial charge is 0.188 e. The van der Waals surface area contributed by atoms with Crippen molar-refractivity contribution < 1.29 is 0 Å². The normalized spacial score (nSPS) is 16.9. The van der Waals surface area contributed by atoms with Crippen LogP contribution in [0.2, 0.25) is 0 Å². The van der Waals surface area contributed by atoms with Gasteiger partial charge in [0.1, 0.15) is 0 Å². The van der Waals surface area contributed by atoms with Crippen LogP contribution in [0, 0.1) is 5.92 Å². The first-order valence-electron chi connectivity index (χ1n) is 5.78. The number of nitrogens with one attached hydrogen (secondary N) is 1.